The molecule has 1 amide bonds. The Morgan fingerprint density at radius 1 is 1.14 bits per heavy atom. The second kappa shape index (κ2) is 7.84. The van der Waals surface area contributed by atoms with Crippen LogP contribution in [0.3, 0.4) is 0 Å². The Morgan fingerprint density at radius 2 is 1.81 bits per heavy atom. The number of carbonyl (C=O) groups excluding carboxylic acids is 1. The Kier molecular flexibility index (Phi) is 5.81. The smallest absolute Gasteiger partial charge is 0.258 e. The van der Waals surface area contributed by atoms with E-state index >= 15 is 0 Å². The van der Waals surface area contributed by atoms with Crippen molar-refractivity contribution in [3.8, 4) is 5.75 Å². The Labute approximate surface area is 133 Å². The highest BCUT2D eigenvalue weighted by Gasteiger charge is 2.13. The molecule has 1 N–H and O–H groups in total. The fourth-order valence-corrected chi connectivity index (χ4v) is 2.28. The molecule has 0 radical (unpaired) electrons. The summed E-state index contributed by atoms with van der Waals surface area (Å²) in [6.07, 6.45) is 0.832. The van der Waals surface area contributed by atoms with Crippen LogP contribution >= 0.6 is 15.9 Å². The van der Waals surface area contributed by atoms with E-state index in [2.05, 4.69) is 21.2 Å². The van der Waals surface area contributed by atoms with E-state index in [0.717, 1.165) is 16.5 Å². The second-order valence-electron chi connectivity index (χ2n) is 4.68. The molecular weight excluding hydrogens is 330 g/mol. The minimum absolute atomic E-state index is 0.00460. The molecule has 0 fully saturated rings. The maximum Gasteiger partial charge on any atom is 0.258 e. The highest BCUT2D eigenvalue weighted by Crippen LogP contribution is 2.19. The van der Waals surface area contributed by atoms with E-state index in [1.54, 1.807) is 0 Å². The normalized spacial score (nSPS) is 11.7. The third-order valence-corrected chi connectivity index (χ3v) is 3.66. The first-order valence-corrected chi connectivity index (χ1v) is 7.71. The molecule has 1 unspecified atom stereocenters. The molecule has 0 aliphatic heterocycles. The van der Waals surface area contributed by atoms with Gasteiger partial charge in [0.25, 0.3) is 5.91 Å². The lowest BCUT2D eigenvalue weighted by Crippen LogP contribution is -2.32. The zero-order chi connectivity index (χ0) is 15.1. The zero-order valence-electron chi connectivity index (χ0n) is 11.9. The van der Waals surface area contributed by atoms with Gasteiger partial charge in [-0.2, -0.15) is 0 Å². The van der Waals surface area contributed by atoms with Gasteiger partial charge in [-0.15, -0.1) is 0 Å². The molecular formula is C17H18BrNO2. The maximum absolute atomic E-state index is 12.0. The molecule has 1 atom stereocenters. The van der Waals surface area contributed by atoms with Gasteiger partial charge in [-0.3, -0.25) is 4.79 Å². The highest BCUT2D eigenvalue weighted by atomic mass is 79.9. The number of halogens is 1. The summed E-state index contributed by atoms with van der Waals surface area (Å²) >= 11 is 3.41. The van der Waals surface area contributed by atoms with E-state index in [4.69, 9.17) is 4.74 Å². The monoisotopic (exact) mass is 347 g/mol. The van der Waals surface area contributed by atoms with Crippen molar-refractivity contribution < 1.29 is 9.53 Å². The lowest BCUT2D eigenvalue weighted by molar-refractivity contribution is -0.123. The third-order valence-electron chi connectivity index (χ3n) is 3.13. The molecule has 0 aliphatic carbocycles. The van der Waals surface area contributed by atoms with Crippen molar-refractivity contribution in [3.63, 3.8) is 0 Å². The molecule has 0 bridgehead atoms. The number of nitrogens with one attached hydrogen (secondary N) is 1. The number of benzene rings is 2. The number of hydrogen-bond donors (Lipinski definition) is 1. The molecule has 0 saturated carbocycles. The average Bonchev–Trinajstić information content (AvgIpc) is 2.52. The summed E-state index contributed by atoms with van der Waals surface area (Å²) in [7, 11) is 0. The molecule has 2 rings (SSSR count). The average molecular weight is 348 g/mol. The van der Waals surface area contributed by atoms with E-state index in [-0.39, 0.29) is 18.6 Å². The lowest BCUT2D eigenvalue weighted by atomic mass is 10.0. The molecule has 21 heavy (non-hydrogen) atoms. The predicted molar refractivity (Wildman–Crippen MR) is 87.3 cm³/mol. The Morgan fingerprint density at radius 3 is 2.43 bits per heavy atom. The number of amides is 1. The Hall–Kier alpha value is -1.81. The van der Waals surface area contributed by atoms with Crippen LogP contribution in [0.2, 0.25) is 0 Å². The summed E-state index contributed by atoms with van der Waals surface area (Å²) in [4.78, 5) is 12.0. The van der Waals surface area contributed by atoms with Crippen molar-refractivity contribution in [2.45, 2.75) is 19.4 Å². The molecule has 2 aromatic rings. The fraction of sp³-hybridized carbons (Fsp3) is 0.235. The standard InChI is InChI=1S/C17H18BrNO2/c1-2-16(13-8-10-14(18)11-9-13)19-17(20)12-21-15-6-4-3-5-7-15/h3-11,16H,2,12H2,1H3,(H,19,20). The van der Waals surface area contributed by atoms with Crippen LogP contribution in [0.1, 0.15) is 24.9 Å². The molecule has 0 aliphatic rings. The van der Waals surface area contributed by atoms with Gasteiger partial charge < -0.3 is 10.1 Å². The van der Waals surface area contributed by atoms with Crippen molar-refractivity contribution in [1.82, 2.24) is 5.32 Å². The zero-order valence-corrected chi connectivity index (χ0v) is 13.5. The largest absolute Gasteiger partial charge is 0.484 e. The predicted octanol–water partition coefficient (Wildman–Crippen LogP) is 4.10. The van der Waals surface area contributed by atoms with Crippen molar-refractivity contribution in [1.29, 1.82) is 0 Å². The van der Waals surface area contributed by atoms with Gasteiger partial charge in [0.15, 0.2) is 6.61 Å². The molecule has 4 heteroatoms. The van der Waals surface area contributed by atoms with Gasteiger partial charge in [-0.25, -0.2) is 0 Å². The summed E-state index contributed by atoms with van der Waals surface area (Å²) < 4.78 is 6.48. The molecule has 3 nitrogen and oxygen atoms in total. The number of para-hydroxylation sites is 1. The van der Waals surface area contributed by atoms with Gasteiger partial charge in [-0.05, 0) is 36.2 Å². The topological polar surface area (TPSA) is 38.3 Å². The van der Waals surface area contributed by atoms with Crippen molar-refractivity contribution in [3.05, 3.63) is 64.6 Å². The number of hydrogen-bond acceptors (Lipinski definition) is 2. The number of ether oxygens (including phenoxy) is 1. The van der Waals surface area contributed by atoms with Crippen LogP contribution in [0.25, 0.3) is 0 Å². The minimum Gasteiger partial charge on any atom is -0.484 e. The maximum atomic E-state index is 12.0. The fourth-order valence-electron chi connectivity index (χ4n) is 2.02. The SMILES string of the molecule is CCC(NC(=O)COc1ccccc1)c1ccc(Br)cc1. The summed E-state index contributed by atoms with van der Waals surface area (Å²) in [5.41, 5.74) is 1.09. The van der Waals surface area contributed by atoms with Crippen LogP contribution in [-0.2, 0) is 4.79 Å². The minimum atomic E-state index is -0.117. The van der Waals surface area contributed by atoms with Gasteiger partial charge in [0.1, 0.15) is 5.75 Å². The van der Waals surface area contributed by atoms with E-state index in [1.165, 1.54) is 0 Å². The number of carbonyl (C=O) groups is 1. The first-order valence-electron chi connectivity index (χ1n) is 6.91. The Balaban J connectivity index is 1.89. The van der Waals surface area contributed by atoms with Gasteiger partial charge in [-0.1, -0.05) is 53.2 Å². The molecule has 0 heterocycles. The van der Waals surface area contributed by atoms with Crippen LogP contribution in [0.4, 0.5) is 0 Å². The summed E-state index contributed by atoms with van der Waals surface area (Å²) in [6, 6.07) is 17.3. The first-order chi connectivity index (χ1) is 10.2. The molecule has 0 aromatic heterocycles. The van der Waals surface area contributed by atoms with Gasteiger partial charge in [0.2, 0.25) is 0 Å². The Bertz CT molecular complexity index is 569. The van der Waals surface area contributed by atoms with Crippen molar-refractivity contribution >= 4 is 21.8 Å². The molecule has 2 aromatic carbocycles. The summed E-state index contributed by atoms with van der Waals surface area (Å²) in [5.74, 6) is 0.581. The van der Waals surface area contributed by atoms with Gasteiger partial charge >= 0.3 is 0 Å². The number of rotatable bonds is 6. The van der Waals surface area contributed by atoms with E-state index in [9.17, 15) is 4.79 Å². The van der Waals surface area contributed by atoms with E-state index in [0.29, 0.717) is 5.75 Å². The molecule has 0 spiro atoms. The first kappa shape index (κ1) is 15.6. The van der Waals surface area contributed by atoms with Crippen molar-refractivity contribution in [2.24, 2.45) is 0 Å². The van der Waals surface area contributed by atoms with E-state index in [1.807, 2.05) is 61.5 Å². The van der Waals surface area contributed by atoms with Crippen LogP contribution in [0.15, 0.2) is 59.1 Å². The second-order valence-corrected chi connectivity index (χ2v) is 5.60. The molecule has 110 valence electrons. The summed E-state index contributed by atoms with van der Waals surface area (Å²) in [5, 5.41) is 2.99. The van der Waals surface area contributed by atoms with Gasteiger partial charge in [0, 0.05) is 4.47 Å². The molecule has 0 saturated heterocycles. The third kappa shape index (κ3) is 4.90. The van der Waals surface area contributed by atoms with Crippen LogP contribution < -0.4 is 10.1 Å². The van der Waals surface area contributed by atoms with Gasteiger partial charge in [0.05, 0.1) is 6.04 Å². The van der Waals surface area contributed by atoms with Crippen LogP contribution in [0, 0.1) is 0 Å². The van der Waals surface area contributed by atoms with Crippen LogP contribution in [0.5, 0.6) is 5.75 Å². The quantitative estimate of drug-likeness (QED) is 0.854. The van der Waals surface area contributed by atoms with Crippen LogP contribution in [-0.4, -0.2) is 12.5 Å². The van der Waals surface area contributed by atoms with E-state index < -0.39 is 0 Å². The highest BCUT2D eigenvalue weighted by molar-refractivity contribution is 9.10. The lowest BCUT2D eigenvalue weighted by Gasteiger charge is -2.17. The summed E-state index contributed by atoms with van der Waals surface area (Å²) in [6.45, 7) is 2.07. The van der Waals surface area contributed by atoms with Crippen molar-refractivity contribution in [2.75, 3.05) is 6.61 Å².